The van der Waals surface area contributed by atoms with Gasteiger partial charge in [-0.1, -0.05) is 36.0 Å². The van der Waals surface area contributed by atoms with Crippen LogP contribution < -0.4 is 15.0 Å². The van der Waals surface area contributed by atoms with Crippen LogP contribution >= 0.6 is 11.8 Å². The average Bonchev–Trinajstić information content (AvgIpc) is 3.48. The van der Waals surface area contributed by atoms with Crippen molar-refractivity contribution in [3.8, 4) is 5.75 Å². The summed E-state index contributed by atoms with van der Waals surface area (Å²) in [7, 11) is 1.56. The zero-order valence-corrected chi connectivity index (χ0v) is 19.5. The summed E-state index contributed by atoms with van der Waals surface area (Å²) in [6, 6.07) is 20.8. The van der Waals surface area contributed by atoms with Gasteiger partial charge in [-0.3, -0.25) is 9.59 Å². The van der Waals surface area contributed by atoms with Crippen molar-refractivity contribution in [3.05, 3.63) is 77.9 Å². The first kappa shape index (κ1) is 22.0. The molecule has 0 bridgehead atoms. The fourth-order valence-corrected chi connectivity index (χ4v) is 4.83. The number of thioether (sulfide) groups is 1. The molecule has 2 N–H and O–H groups in total. The van der Waals surface area contributed by atoms with Crippen LogP contribution in [0.5, 0.6) is 5.75 Å². The third-order valence-electron chi connectivity index (χ3n) is 5.76. The molecular weight excluding hydrogens is 448 g/mol. The molecule has 34 heavy (non-hydrogen) atoms. The van der Waals surface area contributed by atoms with Crippen LogP contribution in [0.25, 0.3) is 11.0 Å². The van der Waals surface area contributed by atoms with E-state index in [1.165, 1.54) is 0 Å². The van der Waals surface area contributed by atoms with Gasteiger partial charge in [0, 0.05) is 36.0 Å². The maximum atomic E-state index is 12.8. The lowest BCUT2D eigenvalue weighted by Crippen LogP contribution is -2.24. The Morgan fingerprint density at radius 3 is 2.71 bits per heavy atom. The van der Waals surface area contributed by atoms with Crippen LogP contribution in [-0.4, -0.2) is 35.4 Å². The van der Waals surface area contributed by atoms with Crippen LogP contribution in [0.1, 0.15) is 28.8 Å². The first-order valence-corrected chi connectivity index (χ1v) is 12.1. The third-order valence-corrected chi connectivity index (χ3v) is 6.71. The summed E-state index contributed by atoms with van der Waals surface area (Å²) in [6.45, 7) is 0.682. The Morgan fingerprint density at radius 2 is 1.97 bits per heavy atom. The molecule has 2 amide bonds. The van der Waals surface area contributed by atoms with Crippen LogP contribution in [0.15, 0.2) is 71.9 Å². The molecule has 1 aliphatic rings. The Morgan fingerprint density at radius 1 is 1.15 bits per heavy atom. The standard InChI is InChI=1S/C26H24N4O3S/c1-33-23-15-19(12-13-22(23)30-14-4-7-24(30)31)27-25(32)18-10-8-17(9-11-18)16-34-26-28-20-5-2-3-6-21(20)29-26/h2-3,5-6,8-13,15H,4,7,14,16H2,1H3,(H,27,32)(H,28,29). The number of para-hydroxylation sites is 2. The first-order valence-electron chi connectivity index (χ1n) is 11.1. The normalized spacial score (nSPS) is 13.4. The summed E-state index contributed by atoms with van der Waals surface area (Å²) in [5, 5.41) is 3.78. The number of fused-ring (bicyclic) bond motifs is 1. The van der Waals surface area contributed by atoms with Gasteiger partial charge < -0.3 is 19.9 Å². The molecule has 172 valence electrons. The number of ether oxygens (including phenoxy) is 1. The highest BCUT2D eigenvalue weighted by molar-refractivity contribution is 7.98. The predicted octanol–water partition coefficient (Wildman–Crippen LogP) is 5.24. The fraction of sp³-hybridized carbons (Fsp3) is 0.192. The van der Waals surface area contributed by atoms with E-state index >= 15 is 0 Å². The monoisotopic (exact) mass is 472 g/mol. The Bertz CT molecular complexity index is 1320. The Labute approximate surface area is 201 Å². The molecule has 0 radical (unpaired) electrons. The van der Waals surface area contributed by atoms with E-state index in [4.69, 9.17) is 4.74 Å². The number of amides is 2. The van der Waals surface area contributed by atoms with Crippen molar-refractivity contribution < 1.29 is 14.3 Å². The summed E-state index contributed by atoms with van der Waals surface area (Å²) in [4.78, 5) is 34.5. The zero-order chi connectivity index (χ0) is 23.5. The van der Waals surface area contributed by atoms with E-state index in [0.717, 1.165) is 39.6 Å². The minimum atomic E-state index is -0.205. The third kappa shape index (κ3) is 4.63. The molecule has 0 atom stereocenters. The second-order valence-corrected chi connectivity index (χ2v) is 9.00. The van der Waals surface area contributed by atoms with E-state index in [2.05, 4.69) is 15.3 Å². The van der Waals surface area contributed by atoms with Gasteiger partial charge in [0.15, 0.2) is 5.16 Å². The number of nitrogens with zero attached hydrogens (tertiary/aromatic N) is 2. The van der Waals surface area contributed by atoms with E-state index in [-0.39, 0.29) is 11.8 Å². The number of H-pyrrole nitrogens is 1. The number of aromatic amines is 1. The fourth-order valence-electron chi connectivity index (χ4n) is 3.99. The van der Waals surface area contributed by atoms with E-state index < -0.39 is 0 Å². The molecule has 1 saturated heterocycles. The van der Waals surface area contributed by atoms with Crippen molar-refractivity contribution in [2.24, 2.45) is 0 Å². The molecule has 1 fully saturated rings. The number of carbonyl (C=O) groups excluding carboxylic acids is 2. The predicted molar refractivity (Wildman–Crippen MR) is 135 cm³/mol. The molecule has 0 spiro atoms. The number of carbonyl (C=O) groups is 2. The lowest BCUT2D eigenvalue weighted by atomic mass is 10.1. The van der Waals surface area contributed by atoms with Gasteiger partial charge in [-0.15, -0.1) is 0 Å². The minimum Gasteiger partial charge on any atom is -0.494 e. The van der Waals surface area contributed by atoms with E-state index in [0.29, 0.717) is 30.0 Å². The van der Waals surface area contributed by atoms with E-state index in [9.17, 15) is 9.59 Å². The van der Waals surface area contributed by atoms with Crippen LogP contribution in [-0.2, 0) is 10.5 Å². The summed E-state index contributed by atoms with van der Waals surface area (Å²) >= 11 is 1.62. The summed E-state index contributed by atoms with van der Waals surface area (Å²) in [6.07, 6.45) is 1.39. The molecule has 0 saturated carbocycles. The van der Waals surface area contributed by atoms with Crippen LogP contribution in [0.2, 0.25) is 0 Å². The lowest BCUT2D eigenvalue weighted by molar-refractivity contribution is -0.117. The van der Waals surface area contributed by atoms with Gasteiger partial charge in [0.25, 0.3) is 5.91 Å². The van der Waals surface area contributed by atoms with Crippen molar-refractivity contribution in [1.82, 2.24) is 9.97 Å². The Balaban J connectivity index is 1.22. The molecule has 8 heteroatoms. The molecule has 1 aliphatic heterocycles. The highest BCUT2D eigenvalue weighted by Crippen LogP contribution is 2.34. The number of aromatic nitrogens is 2. The maximum Gasteiger partial charge on any atom is 0.255 e. The van der Waals surface area contributed by atoms with Crippen LogP contribution in [0.3, 0.4) is 0 Å². The highest BCUT2D eigenvalue weighted by atomic mass is 32.2. The number of anilines is 2. The van der Waals surface area contributed by atoms with Crippen molar-refractivity contribution in [1.29, 1.82) is 0 Å². The van der Waals surface area contributed by atoms with E-state index in [1.54, 1.807) is 35.9 Å². The van der Waals surface area contributed by atoms with Crippen molar-refractivity contribution in [3.63, 3.8) is 0 Å². The zero-order valence-electron chi connectivity index (χ0n) is 18.7. The number of methoxy groups -OCH3 is 1. The second-order valence-electron chi connectivity index (χ2n) is 8.03. The molecule has 1 aromatic heterocycles. The lowest BCUT2D eigenvalue weighted by Gasteiger charge is -2.19. The van der Waals surface area contributed by atoms with Gasteiger partial charge in [0.05, 0.1) is 23.8 Å². The first-order chi connectivity index (χ1) is 16.6. The SMILES string of the molecule is COc1cc(NC(=O)c2ccc(CSc3nc4ccccc4[nH]3)cc2)ccc1N1CCCC1=O. The number of benzene rings is 3. The maximum absolute atomic E-state index is 12.8. The number of imidazole rings is 1. The highest BCUT2D eigenvalue weighted by Gasteiger charge is 2.24. The van der Waals surface area contributed by atoms with Crippen molar-refractivity contribution >= 4 is 46.0 Å². The molecule has 7 nitrogen and oxygen atoms in total. The van der Waals surface area contributed by atoms with Gasteiger partial charge in [-0.05, 0) is 48.4 Å². The molecule has 2 heterocycles. The largest absolute Gasteiger partial charge is 0.494 e. The second kappa shape index (κ2) is 9.61. The van der Waals surface area contributed by atoms with Crippen LogP contribution in [0.4, 0.5) is 11.4 Å². The quantitative estimate of drug-likeness (QED) is 0.359. The van der Waals surface area contributed by atoms with E-state index in [1.807, 2.05) is 54.6 Å². The molecule has 5 rings (SSSR count). The number of hydrogen-bond acceptors (Lipinski definition) is 5. The van der Waals surface area contributed by atoms with Gasteiger partial charge in [0.1, 0.15) is 5.75 Å². The van der Waals surface area contributed by atoms with Gasteiger partial charge in [-0.25, -0.2) is 4.98 Å². The summed E-state index contributed by atoms with van der Waals surface area (Å²) < 4.78 is 5.48. The Hall–Kier alpha value is -3.78. The van der Waals surface area contributed by atoms with Gasteiger partial charge in [-0.2, -0.15) is 0 Å². The van der Waals surface area contributed by atoms with Crippen molar-refractivity contribution in [2.75, 3.05) is 23.9 Å². The summed E-state index contributed by atoms with van der Waals surface area (Å²) in [5.74, 6) is 1.19. The minimum absolute atomic E-state index is 0.0914. The Kier molecular flexibility index (Phi) is 6.22. The molecule has 3 aromatic carbocycles. The molecule has 0 unspecified atom stereocenters. The summed E-state index contributed by atoms with van der Waals surface area (Å²) in [5.41, 5.74) is 4.98. The number of rotatable bonds is 7. The van der Waals surface area contributed by atoms with Gasteiger partial charge >= 0.3 is 0 Å². The topological polar surface area (TPSA) is 87.3 Å². The van der Waals surface area contributed by atoms with Crippen molar-refractivity contribution in [2.45, 2.75) is 23.8 Å². The molecule has 0 aliphatic carbocycles. The smallest absolute Gasteiger partial charge is 0.255 e. The van der Waals surface area contributed by atoms with Crippen LogP contribution in [0, 0.1) is 0 Å². The average molecular weight is 473 g/mol. The number of nitrogens with one attached hydrogen (secondary N) is 2. The van der Waals surface area contributed by atoms with Gasteiger partial charge in [0.2, 0.25) is 5.91 Å². The number of hydrogen-bond donors (Lipinski definition) is 2. The molecule has 4 aromatic rings. The molecular formula is C26H24N4O3S.